The average molecular weight is 354 g/mol. The Kier molecular flexibility index (Phi) is 4.44. The largest absolute Gasteiger partial charge is 0.345 e. The molecule has 0 bridgehead atoms. The van der Waals surface area contributed by atoms with Crippen molar-refractivity contribution >= 4 is 27.4 Å². The maximum atomic E-state index is 4.69. The van der Waals surface area contributed by atoms with Crippen LogP contribution in [0, 0.1) is 13.8 Å². The first kappa shape index (κ1) is 16.5. The minimum Gasteiger partial charge on any atom is -0.345 e. The fraction of sp³-hybridized carbons (Fsp3) is 0.400. The zero-order chi connectivity index (χ0) is 17.4. The Morgan fingerprint density at radius 2 is 1.92 bits per heavy atom. The summed E-state index contributed by atoms with van der Waals surface area (Å²) in [5, 5.41) is 3.45. The van der Waals surface area contributed by atoms with Gasteiger partial charge < -0.3 is 9.80 Å². The van der Waals surface area contributed by atoms with Gasteiger partial charge in [-0.1, -0.05) is 18.2 Å². The van der Waals surface area contributed by atoms with Crippen LogP contribution in [0.4, 0.5) is 5.82 Å². The first-order valence-corrected chi connectivity index (χ1v) is 9.93. The molecule has 0 spiro atoms. The number of benzene rings is 1. The zero-order valence-corrected chi connectivity index (χ0v) is 16.0. The van der Waals surface area contributed by atoms with Crippen molar-refractivity contribution in [1.29, 1.82) is 0 Å². The molecule has 2 aromatic heterocycles. The first-order valence-electron chi connectivity index (χ1n) is 9.05. The van der Waals surface area contributed by atoms with Crippen LogP contribution in [0.15, 0.2) is 29.9 Å². The number of nitrogens with zero attached hydrogens (tertiary/aromatic N) is 3. The van der Waals surface area contributed by atoms with Crippen molar-refractivity contribution in [2.24, 2.45) is 0 Å². The summed E-state index contributed by atoms with van der Waals surface area (Å²) < 4.78 is 0. The predicted octanol–water partition coefficient (Wildman–Crippen LogP) is 2.70. The Morgan fingerprint density at radius 3 is 2.64 bits per heavy atom. The van der Waals surface area contributed by atoms with Gasteiger partial charge in [0.2, 0.25) is 0 Å². The number of rotatable bonds is 3. The summed E-state index contributed by atoms with van der Waals surface area (Å²) in [6.07, 6.45) is 1.72. The fourth-order valence-electron chi connectivity index (χ4n) is 3.61. The van der Waals surface area contributed by atoms with Crippen molar-refractivity contribution in [2.45, 2.75) is 20.8 Å². The quantitative estimate of drug-likeness (QED) is 0.786. The maximum absolute atomic E-state index is 4.69. The summed E-state index contributed by atoms with van der Waals surface area (Å²) >= 11 is 1.72. The zero-order valence-electron chi connectivity index (χ0n) is 15.2. The molecule has 1 aliphatic heterocycles. The molecule has 25 heavy (non-hydrogen) atoms. The Morgan fingerprint density at radius 1 is 1.12 bits per heavy atom. The molecule has 0 unspecified atom stereocenters. The van der Waals surface area contributed by atoms with E-state index in [0.29, 0.717) is 0 Å². The number of piperazine rings is 1. The third-order valence-corrected chi connectivity index (χ3v) is 6.32. The van der Waals surface area contributed by atoms with Crippen LogP contribution in [0.1, 0.15) is 18.1 Å². The van der Waals surface area contributed by atoms with Gasteiger partial charge >= 0.3 is 0 Å². The molecule has 3 aromatic rings. The van der Waals surface area contributed by atoms with Gasteiger partial charge in [-0.3, -0.25) is 0 Å². The van der Waals surface area contributed by atoms with Gasteiger partial charge in [0.15, 0.2) is 0 Å². The molecule has 4 rings (SSSR count). The number of hydrogen-bond acceptors (Lipinski definition) is 4. The van der Waals surface area contributed by atoms with Gasteiger partial charge in [0.25, 0.3) is 0 Å². The molecule has 0 atom stereocenters. The minimum atomic E-state index is 1.07. The SMILES string of the molecule is CC[NH+]1CCN(c2ncnc3scc(-c4ccc(C)c(C)c4)c23)CC1. The fourth-order valence-corrected chi connectivity index (χ4v) is 4.52. The molecule has 1 N–H and O–H groups in total. The van der Waals surface area contributed by atoms with Crippen LogP contribution in [0.5, 0.6) is 0 Å². The molecule has 5 heteroatoms. The number of aryl methyl sites for hydroxylation is 2. The highest BCUT2D eigenvalue weighted by Crippen LogP contribution is 2.38. The average Bonchev–Trinajstić information content (AvgIpc) is 3.08. The first-order chi connectivity index (χ1) is 12.2. The maximum Gasteiger partial charge on any atom is 0.141 e. The Labute approximate surface area is 153 Å². The standard InChI is InChI=1S/C20H24N4S/c1-4-23-7-9-24(10-8-23)19-18-17(12-25-20(18)22-13-21-19)16-6-5-14(2)15(3)11-16/h5-6,11-13H,4,7-10H2,1-3H3/p+1. The summed E-state index contributed by atoms with van der Waals surface area (Å²) in [5.74, 6) is 1.11. The third-order valence-electron chi connectivity index (χ3n) is 5.44. The normalized spacial score (nSPS) is 15.9. The van der Waals surface area contributed by atoms with E-state index in [2.05, 4.69) is 54.2 Å². The molecule has 1 aliphatic rings. The molecule has 1 saturated heterocycles. The molecule has 130 valence electrons. The highest BCUT2D eigenvalue weighted by atomic mass is 32.1. The monoisotopic (exact) mass is 353 g/mol. The lowest BCUT2D eigenvalue weighted by molar-refractivity contribution is -0.898. The van der Waals surface area contributed by atoms with Crippen molar-refractivity contribution in [3.05, 3.63) is 41.0 Å². The summed E-state index contributed by atoms with van der Waals surface area (Å²) in [6, 6.07) is 6.72. The van der Waals surface area contributed by atoms with E-state index in [-0.39, 0.29) is 0 Å². The summed E-state index contributed by atoms with van der Waals surface area (Å²) in [4.78, 5) is 14.4. The van der Waals surface area contributed by atoms with Crippen molar-refractivity contribution in [1.82, 2.24) is 9.97 Å². The second-order valence-electron chi connectivity index (χ2n) is 6.92. The van der Waals surface area contributed by atoms with E-state index in [0.717, 1.165) is 23.7 Å². The molecule has 0 radical (unpaired) electrons. The van der Waals surface area contributed by atoms with Crippen LogP contribution in [0.25, 0.3) is 21.3 Å². The number of nitrogens with one attached hydrogen (secondary N) is 1. The highest BCUT2D eigenvalue weighted by molar-refractivity contribution is 7.17. The van der Waals surface area contributed by atoms with E-state index < -0.39 is 0 Å². The van der Waals surface area contributed by atoms with Gasteiger partial charge in [0.05, 0.1) is 38.1 Å². The molecular weight excluding hydrogens is 328 g/mol. The smallest absolute Gasteiger partial charge is 0.141 e. The lowest BCUT2D eigenvalue weighted by Gasteiger charge is -2.32. The van der Waals surface area contributed by atoms with Crippen molar-refractivity contribution < 1.29 is 4.90 Å². The van der Waals surface area contributed by atoms with Gasteiger partial charge in [-0.2, -0.15) is 0 Å². The highest BCUT2D eigenvalue weighted by Gasteiger charge is 2.23. The topological polar surface area (TPSA) is 33.5 Å². The second kappa shape index (κ2) is 6.73. The summed E-state index contributed by atoms with van der Waals surface area (Å²) in [5.41, 5.74) is 5.20. The summed E-state index contributed by atoms with van der Waals surface area (Å²) in [6.45, 7) is 12.3. The van der Waals surface area contributed by atoms with Gasteiger partial charge in [-0.15, -0.1) is 11.3 Å². The van der Waals surface area contributed by atoms with Crippen LogP contribution >= 0.6 is 11.3 Å². The molecule has 1 aromatic carbocycles. The molecule has 1 fully saturated rings. The number of fused-ring (bicyclic) bond motifs is 1. The van der Waals surface area contributed by atoms with E-state index in [4.69, 9.17) is 4.98 Å². The molecular formula is C20H25N4S+. The van der Waals surface area contributed by atoms with Gasteiger partial charge in [-0.05, 0) is 37.5 Å². The predicted molar refractivity (Wildman–Crippen MR) is 106 cm³/mol. The Hall–Kier alpha value is -1.98. The molecule has 0 amide bonds. The van der Waals surface area contributed by atoms with Gasteiger partial charge in [-0.25, -0.2) is 9.97 Å². The van der Waals surface area contributed by atoms with Crippen LogP contribution in [-0.2, 0) is 0 Å². The van der Waals surface area contributed by atoms with Crippen molar-refractivity contribution in [3.8, 4) is 11.1 Å². The molecule has 0 saturated carbocycles. The number of aromatic nitrogens is 2. The van der Waals surface area contributed by atoms with Crippen LogP contribution in [0.3, 0.4) is 0 Å². The molecule has 0 aliphatic carbocycles. The Balaban J connectivity index is 1.78. The van der Waals surface area contributed by atoms with E-state index >= 15 is 0 Å². The van der Waals surface area contributed by atoms with Crippen LogP contribution < -0.4 is 9.80 Å². The number of hydrogen-bond donors (Lipinski definition) is 1. The lowest BCUT2D eigenvalue weighted by Crippen LogP contribution is -3.14. The van der Waals surface area contributed by atoms with Crippen LogP contribution in [0.2, 0.25) is 0 Å². The third kappa shape index (κ3) is 3.02. The number of anilines is 1. The second-order valence-corrected chi connectivity index (χ2v) is 7.77. The van der Waals surface area contributed by atoms with Crippen molar-refractivity contribution in [2.75, 3.05) is 37.6 Å². The van der Waals surface area contributed by atoms with Gasteiger partial charge in [0, 0.05) is 10.9 Å². The summed E-state index contributed by atoms with van der Waals surface area (Å²) in [7, 11) is 0. The number of quaternary nitrogens is 1. The van der Waals surface area contributed by atoms with Crippen molar-refractivity contribution in [3.63, 3.8) is 0 Å². The van der Waals surface area contributed by atoms with Gasteiger partial charge in [0.1, 0.15) is 17.0 Å². The van der Waals surface area contributed by atoms with E-state index in [1.54, 1.807) is 22.6 Å². The lowest BCUT2D eigenvalue weighted by atomic mass is 10.0. The molecule has 4 nitrogen and oxygen atoms in total. The number of thiophene rings is 1. The minimum absolute atomic E-state index is 1.07. The van der Waals surface area contributed by atoms with E-state index in [9.17, 15) is 0 Å². The number of likely N-dealkylation sites (N-methyl/N-ethyl adjacent to an activating group) is 1. The van der Waals surface area contributed by atoms with E-state index in [1.165, 1.54) is 47.3 Å². The Bertz CT molecular complexity index is 894. The van der Waals surface area contributed by atoms with Crippen LogP contribution in [-0.4, -0.2) is 42.7 Å². The van der Waals surface area contributed by atoms with E-state index in [1.807, 2.05) is 0 Å². The molecule has 3 heterocycles.